The molecule has 0 unspecified atom stereocenters. The molecular weight excluding hydrogens is 328 g/mol. The molecule has 4 rings (SSSR count). The quantitative estimate of drug-likeness (QED) is 0.299. The van der Waals surface area contributed by atoms with E-state index in [9.17, 15) is 4.79 Å². The van der Waals surface area contributed by atoms with E-state index in [4.69, 9.17) is 10.6 Å². The van der Waals surface area contributed by atoms with Crippen LogP contribution < -0.4 is 16.0 Å². The minimum atomic E-state index is -0.346. The Hall–Kier alpha value is -3.64. The van der Waals surface area contributed by atoms with Crippen molar-refractivity contribution in [2.75, 3.05) is 0 Å². The molecule has 6 heteroatoms. The predicted octanol–water partition coefficient (Wildman–Crippen LogP) is 3.63. The van der Waals surface area contributed by atoms with Gasteiger partial charge in [-0.15, -0.1) is 0 Å². The van der Waals surface area contributed by atoms with Gasteiger partial charge < -0.3 is 9.72 Å². The highest BCUT2D eigenvalue weighted by molar-refractivity contribution is 5.97. The van der Waals surface area contributed by atoms with Crippen molar-refractivity contribution in [3.05, 3.63) is 78.4 Å². The Bertz CT molecular complexity index is 1070. The number of aromatic amines is 1. The van der Waals surface area contributed by atoms with Crippen LogP contribution in [0.25, 0.3) is 22.4 Å². The second-order valence-corrected chi connectivity index (χ2v) is 5.73. The predicted molar refractivity (Wildman–Crippen MR) is 99.7 cm³/mol. The van der Waals surface area contributed by atoms with Crippen LogP contribution >= 0.6 is 0 Å². The van der Waals surface area contributed by atoms with E-state index >= 15 is 0 Å². The number of nitrogens with one attached hydrogen (secondary N) is 2. The Labute approximate surface area is 149 Å². The summed E-state index contributed by atoms with van der Waals surface area (Å²) in [4.78, 5) is 19.5. The summed E-state index contributed by atoms with van der Waals surface area (Å²) < 4.78 is 5.87. The van der Waals surface area contributed by atoms with Crippen molar-refractivity contribution >= 4 is 16.9 Å². The third-order valence-electron chi connectivity index (χ3n) is 3.96. The van der Waals surface area contributed by atoms with E-state index < -0.39 is 0 Å². The van der Waals surface area contributed by atoms with E-state index in [1.165, 1.54) is 0 Å². The summed E-state index contributed by atoms with van der Waals surface area (Å²) in [6.07, 6.45) is 0. The van der Waals surface area contributed by atoms with Gasteiger partial charge in [0.1, 0.15) is 17.3 Å². The van der Waals surface area contributed by atoms with Crippen LogP contribution in [0, 0.1) is 0 Å². The highest BCUT2D eigenvalue weighted by Crippen LogP contribution is 2.27. The summed E-state index contributed by atoms with van der Waals surface area (Å²) >= 11 is 0. The van der Waals surface area contributed by atoms with Crippen LogP contribution in [0.3, 0.4) is 0 Å². The number of carbonyl (C=O) groups excluding carboxylic acids is 1. The Kier molecular flexibility index (Phi) is 4.09. The van der Waals surface area contributed by atoms with Crippen molar-refractivity contribution in [2.24, 2.45) is 5.84 Å². The molecule has 0 saturated carbocycles. The highest BCUT2D eigenvalue weighted by Gasteiger charge is 2.10. The minimum Gasteiger partial charge on any atom is -0.457 e. The fraction of sp³-hybridized carbons (Fsp3) is 0. The molecule has 4 aromatic rings. The maximum atomic E-state index is 11.7. The van der Waals surface area contributed by atoms with E-state index in [1.807, 2.05) is 54.6 Å². The lowest BCUT2D eigenvalue weighted by Gasteiger charge is -2.06. The lowest BCUT2D eigenvalue weighted by Crippen LogP contribution is -2.29. The van der Waals surface area contributed by atoms with Gasteiger partial charge in [0.25, 0.3) is 5.91 Å². The number of hydrogen-bond donors (Lipinski definition) is 3. The van der Waals surface area contributed by atoms with Gasteiger partial charge in [-0.2, -0.15) is 0 Å². The van der Waals surface area contributed by atoms with E-state index in [0.717, 1.165) is 28.1 Å². The molecule has 1 amide bonds. The fourth-order valence-electron chi connectivity index (χ4n) is 2.70. The second kappa shape index (κ2) is 6.70. The molecule has 3 aromatic carbocycles. The number of hydrazine groups is 1. The first kappa shape index (κ1) is 15.9. The normalized spacial score (nSPS) is 10.7. The number of para-hydroxylation sites is 1. The molecule has 0 spiro atoms. The van der Waals surface area contributed by atoms with Crippen molar-refractivity contribution in [3.8, 4) is 22.9 Å². The van der Waals surface area contributed by atoms with Gasteiger partial charge in [0.2, 0.25) is 0 Å². The molecule has 0 bridgehead atoms. The lowest BCUT2D eigenvalue weighted by molar-refractivity contribution is 0.0954. The molecule has 0 radical (unpaired) electrons. The molecule has 0 aliphatic heterocycles. The smallest absolute Gasteiger partial charge is 0.265 e. The van der Waals surface area contributed by atoms with E-state index in [1.54, 1.807) is 18.2 Å². The number of ether oxygens (including phenoxy) is 1. The van der Waals surface area contributed by atoms with Crippen molar-refractivity contribution < 1.29 is 9.53 Å². The number of benzene rings is 3. The van der Waals surface area contributed by atoms with Crippen LogP contribution in [-0.2, 0) is 0 Å². The van der Waals surface area contributed by atoms with E-state index in [2.05, 4.69) is 15.4 Å². The van der Waals surface area contributed by atoms with Crippen molar-refractivity contribution in [3.63, 3.8) is 0 Å². The molecule has 1 heterocycles. The first-order chi connectivity index (χ1) is 12.7. The van der Waals surface area contributed by atoms with Crippen molar-refractivity contribution in [1.82, 2.24) is 15.4 Å². The summed E-state index contributed by atoms with van der Waals surface area (Å²) in [5.41, 5.74) is 5.01. The monoisotopic (exact) mass is 344 g/mol. The molecule has 0 saturated heterocycles. The van der Waals surface area contributed by atoms with Crippen LogP contribution in [0.15, 0.2) is 72.8 Å². The molecule has 1 aromatic heterocycles. The van der Waals surface area contributed by atoms with Gasteiger partial charge in [0.05, 0.1) is 11.0 Å². The molecule has 6 nitrogen and oxygen atoms in total. The van der Waals surface area contributed by atoms with Crippen molar-refractivity contribution in [1.29, 1.82) is 0 Å². The average molecular weight is 344 g/mol. The minimum absolute atomic E-state index is 0.346. The van der Waals surface area contributed by atoms with Gasteiger partial charge in [-0.25, -0.2) is 10.8 Å². The Morgan fingerprint density at radius 3 is 2.58 bits per heavy atom. The molecule has 0 fully saturated rings. The zero-order valence-corrected chi connectivity index (χ0v) is 13.8. The lowest BCUT2D eigenvalue weighted by atomic mass is 10.2. The number of nitrogens with zero attached hydrogens (tertiary/aromatic N) is 1. The third kappa shape index (κ3) is 3.13. The maximum Gasteiger partial charge on any atom is 0.265 e. The van der Waals surface area contributed by atoms with Crippen LogP contribution in [0.4, 0.5) is 0 Å². The maximum absolute atomic E-state index is 11.7. The number of hydrogen-bond acceptors (Lipinski definition) is 4. The zero-order valence-electron chi connectivity index (χ0n) is 13.8. The standard InChI is InChI=1S/C20H16N4O2/c21-24-20(25)14-9-10-17-18(12-14)23-19(22-17)13-5-4-8-16(11-13)26-15-6-2-1-3-7-15/h1-12H,21H2,(H,22,23)(H,24,25). The number of amides is 1. The van der Waals surface area contributed by atoms with Gasteiger partial charge in [-0.1, -0.05) is 30.3 Å². The summed E-state index contributed by atoms with van der Waals surface area (Å²) in [6.45, 7) is 0. The number of carbonyl (C=O) groups is 1. The van der Waals surface area contributed by atoms with E-state index in [0.29, 0.717) is 11.4 Å². The first-order valence-corrected chi connectivity index (χ1v) is 8.07. The summed E-state index contributed by atoms with van der Waals surface area (Å²) in [5, 5.41) is 0. The number of aromatic nitrogens is 2. The molecule has 0 aliphatic rings. The summed E-state index contributed by atoms with van der Waals surface area (Å²) in [7, 11) is 0. The van der Waals surface area contributed by atoms with Crippen molar-refractivity contribution in [2.45, 2.75) is 0 Å². The number of rotatable bonds is 4. The van der Waals surface area contributed by atoms with Crippen LogP contribution in [0.1, 0.15) is 10.4 Å². The SMILES string of the molecule is NNC(=O)c1ccc2nc(-c3cccc(Oc4ccccc4)c3)[nH]c2c1. The molecule has 4 N–H and O–H groups in total. The molecule has 26 heavy (non-hydrogen) atoms. The molecule has 0 atom stereocenters. The molecule has 0 aliphatic carbocycles. The third-order valence-corrected chi connectivity index (χ3v) is 3.96. The van der Waals surface area contributed by atoms with Gasteiger partial charge >= 0.3 is 0 Å². The Balaban J connectivity index is 1.67. The van der Waals surface area contributed by atoms with Gasteiger partial charge in [-0.3, -0.25) is 10.2 Å². The zero-order chi connectivity index (χ0) is 17.9. The van der Waals surface area contributed by atoms with Gasteiger partial charge in [-0.05, 0) is 42.5 Å². The number of nitrogens with two attached hydrogens (primary N) is 1. The van der Waals surface area contributed by atoms with Crippen LogP contribution in [0.5, 0.6) is 11.5 Å². The van der Waals surface area contributed by atoms with E-state index in [-0.39, 0.29) is 5.91 Å². The topological polar surface area (TPSA) is 93.0 Å². The average Bonchev–Trinajstić information content (AvgIpc) is 3.12. The largest absolute Gasteiger partial charge is 0.457 e. The first-order valence-electron chi connectivity index (χ1n) is 8.07. The second-order valence-electron chi connectivity index (χ2n) is 5.73. The highest BCUT2D eigenvalue weighted by atomic mass is 16.5. The number of H-pyrrole nitrogens is 1. The number of imidazole rings is 1. The number of fused-ring (bicyclic) bond motifs is 1. The van der Waals surface area contributed by atoms with Crippen LogP contribution in [0.2, 0.25) is 0 Å². The van der Waals surface area contributed by atoms with Gasteiger partial charge in [0, 0.05) is 11.1 Å². The molecular formula is C20H16N4O2. The van der Waals surface area contributed by atoms with Gasteiger partial charge in [0.15, 0.2) is 0 Å². The summed E-state index contributed by atoms with van der Waals surface area (Å²) in [6, 6.07) is 22.4. The Morgan fingerprint density at radius 1 is 0.962 bits per heavy atom. The fourth-order valence-corrected chi connectivity index (χ4v) is 2.70. The number of nitrogen functional groups attached to an aromatic ring is 1. The summed E-state index contributed by atoms with van der Waals surface area (Å²) in [5.74, 6) is 7.03. The molecule has 128 valence electrons. The Morgan fingerprint density at radius 2 is 1.77 bits per heavy atom. The van der Waals surface area contributed by atoms with Crippen LogP contribution in [-0.4, -0.2) is 15.9 Å².